The Balaban J connectivity index is 4.32. The van der Waals surface area contributed by atoms with E-state index in [1.807, 2.05) is 0 Å². The van der Waals surface area contributed by atoms with Crippen LogP contribution in [0.25, 0.3) is 0 Å². The smallest absolute Gasteiger partial charge is 0.472 e. The summed E-state index contributed by atoms with van der Waals surface area (Å²) in [7, 11) is -4.61. The Bertz CT molecular complexity index is 883. The van der Waals surface area contributed by atoms with Crippen LogP contribution in [-0.4, -0.2) is 60.5 Å². The monoisotopic (exact) mass is 717 g/mol. The van der Waals surface area contributed by atoms with Crippen molar-refractivity contribution in [2.45, 2.75) is 180 Å². The van der Waals surface area contributed by atoms with Gasteiger partial charge in [0.05, 0.1) is 19.8 Å². The number of ether oxygens (including phenoxy) is 2. The van der Waals surface area contributed by atoms with Crippen LogP contribution in [0, 0.1) is 0 Å². The first kappa shape index (κ1) is 47.4. The molecule has 0 saturated carbocycles. The molecule has 0 spiro atoms. The zero-order valence-corrected chi connectivity index (χ0v) is 31.9. The van der Waals surface area contributed by atoms with E-state index in [1.165, 1.54) is 83.5 Å². The minimum atomic E-state index is -4.61. The molecule has 0 amide bonds. The third kappa shape index (κ3) is 34.7. The molecule has 0 saturated heterocycles. The van der Waals surface area contributed by atoms with E-state index in [-0.39, 0.29) is 13.0 Å². The van der Waals surface area contributed by atoms with E-state index in [2.05, 4.69) is 42.7 Å². The van der Waals surface area contributed by atoms with Crippen molar-refractivity contribution in [2.75, 3.05) is 26.4 Å². The number of allylic oxidation sites excluding steroid dienone is 4. The van der Waals surface area contributed by atoms with Gasteiger partial charge in [-0.25, -0.2) is 4.57 Å². The Labute approximate surface area is 298 Å². The van der Waals surface area contributed by atoms with Gasteiger partial charge in [-0.2, -0.15) is 0 Å². The predicted octanol–water partition coefficient (Wildman–Crippen LogP) is 9.97. The van der Waals surface area contributed by atoms with Gasteiger partial charge in [-0.15, -0.1) is 0 Å². The van der Waals surface area contributed by atoms with Gasteiger partial charge >= 0.3 is 19.8 Å². The molecule has 0 aromatic carbocycles. The number of nitrogens with two attached hydrogens (primary N) is 1. The van der Waals surface area contributed by atoms with Gasteiger partial charge in [0.15, 0.2) is 0 Å². The maximum absolute atomic E-state index is 12.5. The number of carbonyl (C=O) groups excluding carboxylic acids is 1. The second-order valence-electron chi connectivity index (χ2n) is 13.0. The minimum Gasteiger partial charge on any atom is -0.480 e. The molecule has 3 unspecified atom stereocenters. The van der Waals surface area contributed by atoms with Crippen LogP contribution < -0.4 is 5.73 Å². The first-order valence-electron chi connectivity index (χ1n) is 19.4. The molecule has 0 fully saturated rings. The normalized spacial score (nSPS) is 14.4. The van der Waals surface area contributed by atoms with Gasteiger partial charge in [-0.05, 0) is 64.2 Å². The molecule has 10 nitrogen and oxygen atoms in total. The molecule has 4 N–H and O–H groups in total. The standard InChI is InChI=1S/C38H72NO9P/c1-3-5-7-9-11-13-15-17-19-21-23-25-27-29-31-45-32-35(33-46-49(43,44)47-34-36(39)38(41)42)48-37(40)30-28-26-24-22-20-18-16-14-12-10-8-6-4-2/h13-16,35-36H,3-12,17-34,39H2,1-2H3,(H,41,42)(H,43,44)/b15-13-,16-14-. The molecular weight excluding hydrogens is 645 g/mol. The van der Waals surface area contributed by atoms with E-state index in [1.54, 1.807) is 0 Å². The first-order valence-corrected chi connectivity index (χ1v) is 20.9. The molecule has 0 bridgehead atoms. The van der Waals surface area contributed by atoms with Gasteiger partial charge in [-0.1, -0.05) is 122 Å². The Morgan fingerprint density at radius 3 is 1.55 bits per heavy atom. The van der Waals surface area contributed by atoms with Gasteiger partial charge < -0.3 is 25.2 Å². The lowest BCUT2D eigenvalue weighted by molar-refractivity contribution is -0.154. The molecule has 11 heteroatoms. The second-order valence-corrected chi connectivity index (χ2v) is 14.5. The maximum Gasteiger partial charge on any atom is 0.472 e. The molecule has 0 rings (SSSR count). The molecule has 0 aromatic heterocycles. The summed E-state index contributed by atoms with van der Waals surface area (Å²) in [6, 6.07) is -1.47. The highest BCUT2D eigenvalue weighted by atomic mass is 31.2. The number of carboxylic acids is 1. The molecule has 3 atom stereocenters. The topological polar surface area (TPSA) is 155 Å². The summed E-state index contributed by atoms with van der Waals surface area (Å²) in [6.45, 7) is 3.82. The molecule has 0 radical (unpaired) electrons. The van der Waals surface area contributed by atoms with Gasteiger partial charge in [0.25, 0.3) is 0 Å². The van der Waals surface area contributed by atoms with Crippen LogP contribution >= 0.6 is 7.82 Å². The summed E-state index contributed by atoms with van der Waals surface area (Å²) in [5.41, 5.74) is 5.33. The third-order valence-electron chi connectivity index (χ3n) is 8.20. The quantitative estimate of drug-likeness (QED) is 0.0245. The van der Waals surface area contributed by atoms with E-state index >= 15 is 0 Å². The third-order valence-corrected chi connectivity index (χ3v) is 9.15. The van der Waals surface area contributed by atoms with Gasteiger partial charge in [0, 0.05) is 13.0 Å². The van der Waals surface area contributed by atoms with Crippen molar-refractivity contribution in [3.8, 4) is 0 Å². The fourth-order valence-electron chi connectivity index (χ4n) is 5.12. The lowest BCUT2D eigenvalue weighted by atomic mass is 10.1. The summed E-state index contributed by atoms with van der Waals surface area (Å²) >= 11 is 0. The zero-order chi connectivity index (χ0) is 36.3. The number of unbranched alkanes of at least 4 members (excludes halogenated alkanes) is 19. The van der Waals surface area contributed by atoms with Crippen LogP contribution in [0.1, 0.15) is 168 Å². The molecular formula is C38H72NO9P. The van der Waals surface area contributed by atoms with E-state index in [0.29, 0.717) is 13.0 Å². The summed E-state index contributed by atoms with van der Waals surface area (Å²) in [4.78, 5) is 33.4. The Kier molecular flexibility index (Phi) is 33.8. The lowest BCUT2D eigenvalue weighted by Gasteiger charge is -2.20. The number of phosphoric ester groups is 1. The molecule has 0 aliphatic rings. The van der Waals surface area contributed by atoms with E-state index in [0.717, 1.165) is 57.8 Å². The number of carboxylic acid groups (broad SMARTS) is 1. The van der Waals surface area contributed by atoms with Crippen LogP contribution in [0.15, 0.2) is 24.3 Å². The predicted molar refractivity (Wildman–Crippen MR) is 198 cm³/mol. The Morgan fingerprint density at radius 2 is 1.06 bits per heavy atom. The number of aliphatic carboxylic acids is 1. The van der Waals surface area contributed by atoms with Crippen molar-refractivity contribution in [1.29, 1.82) is 0 Å². The number of hydrogen-bond donors (Lipinski definition) is 3. The minimum absolute atomic E-state index is 0.0112. The summed E-state index contributed by atoms with van der Waals surface area (Å²) in [6.07, 6.45) is 35.1. The first-order chi connectivity index (χ1) is 23.7. The fourth-order valence-corrected chi connectivity index (χ4v) is 5.90. The number of carbonyl (C=O) groups is 2. The number of rotatable bonds is 37. The average molecular weight is 718 g/mol. The van der Waals surface area contributed by atoms with E-state index < -0.39 is 45.1 Å². The van der Waals surface area contributed by atoms with Crippen molar-refractivity contribution in [1.82, 2.24) is 0 Å². The van der Waals surface area contributed by atoms with Crippen LogP contribution in [0.3, 0.4) is 0 Å². The van der Waals surface area contributed by atoms with Crippen LogP contribution in [0.2, 0.25) is 0 Å². The van der Waals surface area contributed by atoms with Crippen LogP contribution in [0.5, 0.6) is 0 Å². The van der Waals surface area contributed by atoms with Gasteiger partial charge in [0.1, 0.15) is 12.1 Å². The molecule has 0 aliphatic heterocycles. The van der Waals surface area contributed by atoms with E-state index in [4.69, 9.17) is 24.8 Å². The molecule has 288 valence electrons. The number of esters is 1. The van der Waals surface area contributed by atoms with Crippen molar-refractivity contribution in [3.63, 3.8) is 0 Å². The number of hydrogen-bond acceptors (Lipinski definition) is 8. The summed E-state index contributed by atoms with van der Waals surface area (Å²) < 4.78 is 33.2. The van der Waals surface area contributed by atoms with Crippen molar-refractivity contribution in [3.05, 3.63) is 24.3 Å². The van der Waals surface area contributed by atoms with Crippen molar-refractivity contribution >= 4 is 19.8 Å². The zero-order valence-electron chi connectivity index (χ0n) is 31.0. The van der Waals surface area contributed by atoms with Crippen molar-refractivity contribution in [2.24, 2.45) is 5.73 Å². The fraction of sp³-hybridized carbons (Fsp3) is 0.842. The van der Waals surface area contributed by atoms with Gasteiger partial charge in [0.2, 0.25) is 0 Å². The lowest BCUT2D eigenvalue weighted by Crippen LogP contribution is -2.34. The highest BCUT2D eigenvalue weighted by molar-refractivity contribution is 7.47. The average Bonchev–Trinajstić information content (AvgIpc) is 3.07. The van der Waals surface area contributed by atoms with Crippen LogP contribution in [0.4, 0.5) is 0 Å². The highest BCUT2D eigenvalue weighted by Gasteiger charge is 2.27. The number of phosphoric acid groups is 1. The van der Waals surface area contributed by atoms with E-state index in [9.17, 15) is 19.0 Å². The molecule has 0 aliphatic carbocycles. The van der Waals surface area contributed by atoms with Crippen LogP contribution in [-0.2, 0) is 32.7 Å². The molecule has 0 aromatic rings. The largest absolute Gasteiger partial charge is 0.480 e. The summed E-state index contributed by atoms with van der Waals surface area (Å²) in [5.74, 6) is -1.79. The second kappa shape index (κ2) is 34.9. The molecule has 0 heterocycles. The van der Waals surface area contributed by atoms with Gasteiger partial charge in [-0.3, -0.25) is 18.6 Å². The summed E-state index contributed by atoms with van der Waals surface area (Å²) in [5, 5.41) is 8.86. The molecule has 49 heavy (non-hydrogen) atoms. The van der Waals surface area contributed by atoms with Crippen molar-refractivity contribution < 1.29 is 42.7 Å². The highest BCUT2D eigenvalue weighted by Crippen LogP contribution is 2.43. The maximum atomic E-state index is 12.5. The SMILES string of the molecule is CCCCCC/C=C\CCCCCCCCOCC(COP(=O)(O)OCC(N)C(=O)O)OC(=O)CCCCCCC/C=C\CCCCCC. The Morgan fingerprint density at radius 1 is 0.633 bits per heavy atom. The Hall–Kier alpha value is -1.55.